The first-order valence-corrected chi connectivity index (χ1v) is 21.6. The molecule has 3 heteroatoms. The largest absolute Gasteiger partial charge is 0.456 e. The molecule has 2 nitrogen and oxygen atoms in total. The molecular weight excluding hydrogens is 759 g/mol. The fraction of sp³-hybridized carbons (Fsp3) is 0. The van der Waals surface area contributed by atoms with Crippen LogP contribution in [0.5, 0.6) is 0 Å². The summed E-state index contributed by atoms with van der Waals surface area (Å²) in [5.41, 5.74) is 9.80. The highest BCUT2D eigenvalue weighted by atomic mass is 32.1. The maximum Gasteiger partial charge on any atom is 0.136 e. The van der Waals surface area contributed by atoms with Crippen molar-refractivity contribution >= 4 is 114 Å². The molecule has 11 aromatic carbocycles. The third-order valence-corrected chi connectivity index (χ3v) is 13.7. The van der Waals surface area contributed by atoms with E-state index in [0.717, 1.165) is 50.1 Å². The van der Waals surface area contributed by atoms with Gasteiger partial charge in [0.1, 0.15) is 11.2 Å². The number of thiophene rings is 1. The lowest BCUT2D eigenvalue weighted by atomic mass is 9.93. The van der Waals surface area contributed by atoms with E-state index in [2.05, 4.69) is 217 Å². The van der Waals surface area contributed by atoms with Gasteiger partial charge in [0.15, 0.2) is 0 Å². The minimum absolute atomic E-state index is 0.899. The van der Waals surface area contributed by atoms with Crippen LogP contribution in [0, 0.1) is 0 Å². The molecule has 284 valence electrons. The molecule has 0 N–H and O–H groups in total. The van der Waals surface area contributed by atoms with Crippen LogP contribution >= 0.6 is 11.3 Å². The summed E-state index contributed by atoms with van der Waals surface area (Å²) in [6, 6.07) is 77.6. The fourth-order valence-corrected chi connectivity index (χ4v) is 10.8. The number of anilines is 3. The third kappa shape index (κ3) is 5.48. The molecule has 0 bridgehead atoms. The van der Waals surface area contributed by atoms with E-state index in [9.17, 15) is 0 Å². The molecule has 61 heavy (non-hydrogen) atoms. The molecule has 0 atom stereocenters. The van der Waals surface area contributed by atoms with E-state index in [0.29, 0.717) is 0 Å². The Hall–Kier alpha value is -7.72. The van der Waals surface area contributed by atoms with Crippen LogP contribution in [0.25, 0.3) is 107 Å². The first kappa shape index (κ1) is 34.2. The Balaban J connectivity index is 0.956. The molecule has 0 aliphatic rings. The molecule has 0 radical (unpaired) electrons. The van der Waals surface area contributed by atoms with Gasteiger partial charge in [0.25, 0.3) is 0 Å². The van der Waals surface area contributed by atoms with Gasteiger partial charge in [-0.15, -0.1) is 11.3 Å². The summed E-state index contributed by atoms with van der Waals surface area (Å²) in [5.74, 6) is 0. The van der Waals surface area contributed by atoms with Crippen molar-refractivity contribution in [3.63, 3.8) is 0 Å². The highest BCUT2D eigenvalue weighted by Gasteiger charge is 2.18. The normalized spacial score (nSPS) is 11.9. The lowest BCUT2D eigenvalue weighted by Crippen LogP contribution is -2.10. The van der Waals surface area contributed by atoms with Crippen LogP contribution < -0.4 is 4.90 Å². The molecule has 0 amide bonds. The quantitative estimate of drug-likeness (QED) is 0.161. The van der Waals surface area contributed by atoms with Crippen LogP contribution in [0.1, 0.15) is 0 Å². The first-order valence-electron chi connectivity index (χ1n) is 20.8. The molecular formula is C58H35NOS. The molecule has 0 aliphatic carbocycles. The summed E-state index contributed by atoms with van der Waals surface area (Å²) >= 11 is 1.87. The second kappa shape index (κ2) is 13.4. The van der Waals surface area contributed by atoms with E-state index in [-0.39, 0.29) is 0 Å². The average molecular weight is 794 g/mol. The number of rotatable bonds is 5. The summed E-state index contributed by atoms with van der Waals surface area (Å²) in [4.78, 5) is 2.41. The van der Waals surface area contributed by atoms with Crippen molar-refractivity contribution in [1.29, 1.82) is 0 Å². The minimum atomic E-state index is 0.899. The number of benzene rings is 11. The van der Waals surface area contributed by atoms with E-state index in [1.807, 2.05) is 11.3 Å². The van der Waals surface area contributed by atoms with Gasteiger partial charge in [0, 0.05) is 48.0 Å². The molecule has 0 saturated carbocycles. The highest BCUT2D eigenvalue weighted by molar-refractivity contribution is 7.26. The topological polar surface area (TPSA) is 16.4 Å². The average Bonchev–Trinajstić information content (AvgIpc) is 3.88. The highest BCUT2D eigenvalue weighted by Crippen LogP contribution is 2.45. The monoisotopic (exact) mass is 793 g/mol. The molecule has 13 rings (SSSR count). The SMILES string of the molecule is c1cc(-c2cc3ccccc3c3ccccc23)cc(N(c2ccc(-c3ccc4c(c3)oc3cc5ccccc5cc34)cc2)c2ccc3c(c2)sc2ccc4ccccc4c23)c1. The number of fused-ring (bicyclic) bond motifs is 12. The lowest BCUT2D eigenvalue weighted by molar-refractivity contribution is 0.669. The Kier molecular flexibility index (Phi) is 7.51. The molecule has 13 aromatic rings. The van der Waals surface area contributed by atoms with Crippen LogP contribution in [-0.4, -0.2) is 0 Å². The number of hydrogen-bond donors (Lipinski definition) is 0. The Labute approximate surface area is 355 Å². The van der Waals surface area contributed by atoms with Crippen LogP contribution in [0.4, 0.5) is 17.1 Å². The second-order valence-corrected chi connectivity index (χ2v) is 17.2. The van der Waals surface area contributed by atoms with Gasteiger partial charge in [-0.1, -0.05) is 140 Å². The van der Waals surface area contributed by atoms with Crippen molar-refractivity contribution in [1.82, 2.24) is 0 Å². The van der Waals surface area contributed by atoms with Crippen molar-refractivity contribution in [3.8, 4) is 22.3 Å². The van der Waals surface area contributed by atoms with Gasteiger partial charge in [-0.3, -0.25) is 0 Å². The van der Waals surface area contributed by atoms with Crippen LogP contribution in [-0.2, 0) is 0 Å². The molecule has 2 heterocycles. The van der Waals surface area contributed by atoms with Gasteiger partial charge in [-0.2, -0.15) is 0 Å². The molecule has 0 spiro atoms. The van der Waals surface area contributed by atoms with E-state index in [1.54, 1.807) is 0 Å². The molecule has 2 aromatic heterocycles. The Bertz CT molecular complexity index is 3890. The second-order valence-electron chi connectivity index (χ2n) is 16.1. The van der Waals surface area contributed by atoms with Gasteiger partial charge in [-0.05, 0) is 138 Å². The van der Waals surface area contributed by atoms with Crippen molar-refractivity contribution in [2.24, 2.45) is 0 Å². The van der Waals surface area contributed by atoms with Gasteiger partial charge < -0.3 is 9.32 Å². The minimum Gasteiger partial charge on any atom is -0.456 e. The van der Waals surface area contributed by atoms with E-state index >= 15 is 0 Å². The zero-order chi connectivity index (χ0) is 40.0. The predicted octanol–water partition coefficient (Wildman–Crippen LogP) is 17.4. The summed E-state index contributed by atoms with van der Waals surface area (Å²) in [6.07, 6.45) is 0. The van der Waals surface area contributed by atoms with Crippen LogP contribution in [0.2, 0.25) is 0 Å². The van der Waals surface area contributed by atoms with Crippen molar-refractivity contribution in [3.05, 3.63) is 212 Å². The Morgan fingerprint density at radius 2 is 0.967 bits per heavy atom. The number of nitrogens with zero attached hydrogens (tertiary/aromatic N) is 1. The zero-order valence-corrected chi connectivity index (χ0v) is 33.8. The van der Waals surface area contributed by atoms with E-state index < -0.39 is 0 Å². The maximum atomic E-state index is 6.47. The lowest BCUT2D eigenvalue weighted by Gasteiger charge is -2.26. The third-order valence-electron chi connectivity index (χ3n) is 12.6. The Morgan fingerprint density at radius 3 is 1.82 bits per heavy atom. The van der Waals surface area contributed by atoms with Crippen LogP contribution in [0.3, 0.4) is 0 Å². The van der Waals surface area contributed by atoms with Gasteiger partial charge in [0.05, 0.1) is 0 Å². The smallest absolute Gasteiger partial charge is 0.136 e. The summed E-state index contributed by atoms with van der Waals surface area (Å²) < 4.78 is 9.05. The van der Waals surface area contributed by atoms with Gasteiger partial charge in [0.2, 0.25) is 0 Å². The van der Waals surface area contributed by atoms with Crippen molar-refractivity contribution < 1.29 is 4.42 Å². The molecule has 0 fully saturated rings. The molecule has 0 saturated heterocycles. The number of hydrogen-bond acceptors (Lipinski definition) is 3. The van der Waals surface area contributed by atoms with E-state index in [1.165, 1.54) is 74.4 Å². The Morgan fingerprint density at radius 1 is 0.311 bits per heavy atom. The van der Waals surface area contributed by atoms with Crippen LogP contribution in [0.15, 0.2) is 217 Å². The van der Waals surface area contributed by atoms with Gasteiger partial charge >= 0.3 is 0 Å². The van der Waals surface area contributed by atoms with Gasteiger partial charge in [-0.25, -0.2) is 0 Å². The summed E-state index contributed by atoms with van der Waals surface area (Å²) in [5, 5.41) is 14.9. The predicted molar refractivity (Wildman–Crippen MR) is 262 cm³/mol. The molecule has 0 unspecified atom stereocenters. The van der Waals surface area contributed by atoms with E-state index in [4.69, 9.17) is 4.42 Å². The molecule has 0 aliphatic heterocycles. The van der Waals surface area contributed by atoms with Crippen molar-refractivity contribution in [2.75, 3.05) is 4.90 Å². The first-order chi connectivity index (χ1) is 30.2. The zero-order valence-electron chi connectivity index (χ0n) is 33.0. The summed E-state index contributed by atoms with van der Waals surface area (Å²) in [6.45, 7) is 0. The van der Waals surface area contributed by atoms with Crippen molar-refractivity contribution in [2.45, 2.75) is 0 Å². The fourth-order valence-electron chi connectivity index (χ4n) is 9.67. The maximum absolute atomic E-state index is 6.47. The number of furan rings is 1. The standard InChI is InChI=1S/C58H35NOS/c1-2-12-39-33-55-53(31-38(39)11-1)50-27-22-40(34-54(50)60-55)36-20-24-43(25-21-36)59(45-26-28-51-57(35-45)61-56-29-23-37-10-3-6-17-47(37)58(51)56)44-15-9-14-41(30-44)52-32-42-13-4-5-16-46(42)48-18-7-8-19-49(48)52/h1-35H. The summed E-state index contributed by atoms with van der Waals surface area (Å²) in [7, 11) is 0.